The molecular formula is C20H27NO2. The summed E-state index contributed by atoms with van der Waals surface area (Å²) in [5, 5.41) is 0. The molecular weight excluding hydrogens is 286 g/mol. The summed E-state index contributed by atoms with van der Waals surface area (Å²) in [6, 6.07) is 8.41. The first-order valence-electron chi connectivity index (χ1n) is 8.76. The van der Waals surface area contributed by atoms with E-state index in [9.17, 15) is 4.79 Å². The van der Waals surface area contributed by atoms with Crippen molar-refractivity contribution in [2.75, 3.05) is 7.11 Å². The number of rotatable bonds is 7. The molecule has 1 amide bonds. The summed E-state index contributed by atoms with van der Waals surface area (Å²) >= 11 is 0. The molecule has 23 heavy (non-hydrogen) atoms. The second-order valence-electron chi connectivity index (χ2n) is 6.92. The number of hydrogen-bond acceptors (Lipinski definition) is 2. The molecule has 3 nitrogen and oxygen atoms in total. The zero-order chi connectivity index (χ0) is 16.2. The van der Waals surface area contributed by atoms with Gasteiger partial charge in [0.25, 0.3) is 0 Å². The molecule has 1 saturated carbocycles. The lowest BCUT2D eigenvalue weighted by Crippen LogP contribution is -2.40. The Morgan fingerprint density at radius 2 is 2.00 bits per heavy atom. The molecule has 1 aromatic rings. The van der Waals surface area contributed by atoms with Gasteiger partial charge in [-0.15, -0.1) is 0 Å². The van der Waals surface area contributed by atoms with Gasteiger partial charge >= 0.3 is 0 Å². The normalized spacial score (nSPS) is 21.2. The molecule has 2 atom stereocenters. The van der Waals surface area contributed by atoms with Gasteiger partial charge in [0.2, 0.25) is 5.91 Å². The topological polar surface area (TPSA) is 29.5 Å². The first-order valence-corrected chi connectivity index (χ1v) is 8.76. The van der Waals surface area contributed by atoms with E-state index < -0.39 is 0 Å². The highest BCUT2D eigenvalue weighted by atomic mass is 16.5. The van der Waals surface area contributed by atoms with E-state index in [0.717, 1.165) is 18.6 Å². The minimum Gasteiger partial charge on any atom is -0.497 e. The van der Waals surface area contributed by atoms with Crippen LogP contribution in [0.2, 0.25) is 0 Å². The number of allylic oxidation sites excluding steroid dienone is 2. The van der Waals surface area contributed by atoms with Crippen molar-refractivity contribution >= 4 is 5.91 Å². The van der Waals surface area contributed by atoms with Gasteiger partial charge in [-0.2, -0.15) is 0 Å². The molecule has 2 unspecified atom stereocenters. The summed E-state index contributed by atoms with van der Waals surface area (Å²) in [6.45, 7) is 2.92. The van der Waals surface area contributed by atoms with E-state index in [1.54, 1.807) is 7.11 Å². The van der Waals surface area contributed by atoms with Crippen molar-refractivity contribution in [2.24, 2.45) is 11.8 Å². The summed E-state index contributed by atoms with van der Waals surface area (Å²) < 4.78 is 5.22. The molecule has 2 aliphatic carbocycles. The van der Waals surface area contributed by atoms with Crippen LogP contribution in [0.1, 0.15) is 44.6 Å². The van der Waals surface area contributed by atoms with E-state index in [2.05, 4.69) is 36.1 Å². The van der Waals surface area contributed by atoms with E-state index in [1.165, 1.54) is 18.4 Å². The highest BCUT2D eigenvalue weighted by Gasteiger charge is 2.34. The predicted molar refractivity (Wildman–Crippen MR) is 92.2 cm³/mol. The molecule has 0 bridgehead atoms. The van der Waals surface area contributed by atoms with Gasteiger partial charge in [-0.05, 0) is 62.1 Å². The van der Waals surface area contributed by atoms with Crippen molar-refractivity contribution in [3.05, 3.63) is 42.0 Å². The van der Waals surface area contributed by atoms with E-state index in [0.29, 0.717) is 36.8 Å². The molecule has 0 aliphatic heterocycles. The van der Waals surface area contributed by atoms with Crippen LogP contribution in [0.25, 0.3) is 0 Å². The van der Waals surface area contributed by atoms with Crippen LogP contribution >= 0.6 is 0 Å². The summed E-state index contributed by atoms with van der Waals surface area (Å²) in [7, 11) is 1.68. The maximum atomic E-state index is 12.9. The molecule has 1 aromatic carbocycles. The van der Waals surface area contributed by atoms with Crippen LogP contribution in [0.3, 0.4) is 0 Å². The van der Waals surface area contributed by atoms with Crippen LogP contribution in [0.15, 0.2) is 36.4 Å². The third kappa shape index (κ3) is 4.15. The molecule has 124 valence electrons. The van der Waals surface area contributed by atoms with Crippen molar-refractivity contribution < 1.29 is 9.53 Å². The first kappa shape index (κ1) is 16.1. The summed E-state index contributed by atoms with van der Waals surface area (Å²) in [5.41, 5.74) is 1.17. The van der Waals surface area contributed by atoms with Gasteiger partial charge in [-0.25, -0.2) is 0 Å². The van der Waals surface area contributed by atoms with Gasteiger partial charge < -0.3 is 9.64 Å². The lowest BCUT2D eigenvalue weighted by molar-refractivity contribution is -0.135. The Morgan fingerprint density at radius 1 is 1.26 bits per heavy atom. The third-order valence-electron chi connectivity index (χ3n) is 5.18. The minimum absolute atomic E-state index is 0.303. The minimum atomic E-state index is 0.303. The molecule has 0 spiro atoms. The average molecular weight is 313 g/mol. The van der Waals surface area contributed by atoms with E-state index in [1.807, 2.05) is 12.1 Å². The zero-order valence-electron chi connectivity index (χ0n) is 14.2. The highest BCUT2D eigenvalue weighted by Crippen LogP contribution is 2.36. The number of amides is 1. The number of carbonyl (C=O) groups excluding carboxylic acids is 1. The molecule has 0 N–H and O–H groups in total. The fraction of sp³-hybridized carbons (Fsp3) is 0.550. The lowest BCUT2D eigenvalue weighted by Gasteiger charge is -2.30. The van der Waals surface area contributed by atoms with Crippen molar-refractivity contribution in [2.45, 2.75) is 51.6 Å². The molecule has 1 fully saturated rings. The fourth-order valence-corrected chi connectivity index (χ4v) is 3.43. The number of nitrogens with zero attached hydrogens (tertiary/aromatic N) is 1. The Hall–Kier alpha value is -1.77. The largest absolute Gasteiger partial charge is 0.497 e. The number of carbonyl (C=O) groups is 1. The van der Waals surface area contributed by atoms with Gasteiger partial charge in [-0.3, -0.25) is 4.79 Å². The zero-order valence-corrected chi connectivity index (χ0v) is 14.2. The van der Waals surface area contributed by atoms with Crippen molar-refractivity contribution in [3.8, 4) is 5.75 Å². The Balaban J connectivity index is 1.68. The third-order valence-corrected chi connectivity index (χ3v) is 5.18. The van der Waals surface area contributed by atoms with Gasteiger partial charge in [0.15, 0.2) is 0 Å². The van der Waals surface area contributed by atoms with Crippen molar-refractivity contribution in [1.82, 2.24) is 4.90 Å². The number of methoxy groups -OCH3 is 1. The number of hydrogen-bond donors (Lipinski definition) is 0. The van der Waals surface area contributed by atoms with Crippen LogP contribution in [-0.2, 0) is 11.3 Å². The Bertz CT molecular complexity index is 560. The smallest absolute Gasteiger partial charge is 0.223 e. The molecule has 3 heteroatoms. The van der Waals surface area contributed by atoms with E-state index in [-0.39, 0.29) is 0 Å². The maximum absolute atomic E-state index is 12.9. The predicted octanol–water partition coefficient (Wildman–Crippen LogP) is 4.18. The Labute approximate surface area is 139 Å². The average Bonchev–Trinajstić information content (AvgIpc) is 3.30. The van der Waals surface area contributed by atoms with Crippen LogP contribution in [-0.4, -0.2) is 24.0 Å². The van der Waals surface area contributed by atoms with E-state index >= 15 is 0 Å². The Kier molecular flexibility index (Phi) is 5.04. The number of benzene rings is 1. The summed E-state index contributed by atoms with van der Waals surface area (Å²) in [4.78, 5) is 15.0. The summed E-state index contributed by atoms with van der Waals surface area (Å²) in [6.07, 6.45) is 9.84. The molecule has 0 heterocycles. The summed E-state index contributed by atoms with van der Waals surface area (Å²) in [5.74, 6) is 2.29. The van der Waals surface area contributed by atoms with Gasteiger partial charge in [-0.1, -0.05) is 24.3 Å². The van der Waals surface area contributed by atoms with Crippen molar-refractivity contribution in [3.63, 3.8) is 0 Å². The molecule has 3 rings (SSSR count). The lowest BCUT2D eigenvalue weighted by atomic mass is 10.0. The Morgan fingerprint density at radius 3 is 2.57 bits per heavy atom. The molecule has 0 radical (unpaired) electrons. The van der Waals surface area contributed by atoms with E-state index in [4.69, 9.17) is 4.74 Å². The highest BCUT2D eigenvalue weighted by molar-refractivity contribution is 5.77. The quantitative estimate of drug-likeness (QED) is 0.707. The molecule has 2 aliphatic rings. The first-order chi connectivity index (χ1) is 11.2. The second-order valence-corrected chi connectivity index (χ2v) is 6.92. The van der Waals surface area contributed by atoms with Crippen LogP contribution < -0.4 is 4.74 Å². The standard InChI is InChI=1S/C20H27NO2/c1-15(18-9-10-18)21(20(22)13-16-5-3-4-6-16)14-17-7-11-19(23-2)12-8-17/h3,5,7-8,11-12,15-16,18H,4,6,9-10,13-14H2,1-2H3. The monoisotopic (exact) mass is 313 g/mol. The maximum Gasteiger partial charge on any atom is 0.223 e. The van der Waals surface area contributed by atoms with Crippen LogP contribution in [0.4, 0.5) is 0 Å². The van der Waals surface area contributed by atoms with Gasteiger partial charge in [0, 0.05) is 19.0 Å². The SMILES string of the molecule is COc1ccc(CN(C(=O)CC2C=CCC2)C(C)C2CC2)cc1. The number of ether oxygens (including phenoxy) is 1. The van der Waals surface area contributed by atoms with Gasteiger partial charge in [0.1, 0.15) is 5.75 Å². The van der Waals surface area contributed by atoms with Gasteiger partial charge in [0.05, 0.1) is 7.11 Å². The fourth-order valence-electron chi connectivity index (χ4n) is 3.43. The van der Waals surface area contributed by atoms with Crippen LogP contribution in [0.5, 0.6) is 5.75 Å². The van der Waals surface area contributed by atoms with Crippen LogP contribution in [0, 0.1) is 11.8 Å². The molecule has 0 aromatic heterocycles. The molecule has 0 saturated heterocycles. The van der Waals surface area contributed by atoms with Crippen molar-refractivity contribution in [1.29, 1.82) is 0 Å². The second kappa shape index (κ2) is 7.20.